The molecule has 0 radical (unpaired) electrons. The molecule has 0 fully saturated rings. The molecule has 86 valence electrons. The van der Waals surface area contributed by atoms with Gasteiger partial charge in [0.15, 0.2) is 0 Å². The van der Waals surface area contributed by atoms with Crippen molar-refractivity contribution in [3.8, 4) is 0 Å². The van der Waals surface area contributed by atoms with E-state index in [2.05, 4.69) is 36.1 Å². The molecule has 0 spiro atoms. The van der Waals surface area contributed by atoms with E-state index in [1.807, 2.05) is 11.4 Å². The molecule has 0 amide bonds. The molecule has 3 nitrogen and oxygen atoms in total. The van der Waals surface area contributed by atoms with E-state index < -0.39 is 0 Å². The standard InChI is InChI=1S/C11H14ClN3S/c1-6(2)7(3)13-9-8-4-5-16-10(8)15-11(12)14-9/h4-7H,1-3H3,(H,13,14,15). The lowest BCUT2D eigenvalue weighted by Crippen LogP contribution is -2.22. The first-order chi connectivity index (χ1) is 7.58. The van der Waals surface area contributed by atoms with Gasteiger partial charge in [0, 0.05) is 6.04 Å². The van der Waals surface area contributed by atoms with Crippen molar-refractivity contribution in [2.45, 2.75) is 26.8 Å². The fourth-order valence-corrected chi connectivity index (χ4v) is 2.30. The van der Waals surface area contributed by atoms with Gasteiger partial charge in [-0.15, -0.1) is 11.3 Å². The number of rotatable bonds is 3. The maximum Gasteiger partial charge on any atom is 0.225 e. The molecule has 2 aromatic rings. The van der Waals surface area contributed by atoms with Crippen molar-refractivity contribution in [3.05, 3.63) is 16.7 Å². The number of nitrogens with one attached hydrogen (secondary N) is 1. The zero-order valence-corrected chi connectivity index (χ0v) is 11.1. The van der Waals surface area contributed by atoms with Crippen LogP contribution < -0.4 is 5.32 Å². The topological polar surface area (TPSA) is 37.8 Å². The van der Waals surface area contributed by atoms with Crippen molar-refractivity contribution >= 4 is 39.0 Å². The normalized spacial score (nSPS) is 13.3. The number of anilines is 1. The summed E-state index contributed by atoms with van der Waals surface area (Å²) in [5.41, 5.74) is 0. The minimum Gasteiger partial charge on any atom is -0.367 e. The summed E-state index contributed by atoms with van der Waals surface area (Å²) < 4.78 is 0. The molecule has 0 aliphatic carbocycles. The zero-order chi connectivity index (χ0) is 11.7. The number of halogens is 1. The highest BCUT2D eigenvalue weighted by atomic mass is 35.5. The molecular formula is C11H14ClN3S. The number of fused-ring (bicyclic) bond motifs is 1. The largest absolute Gasteiger partial charge is 0.367 e. The van der Waals surface area contributed by atoms with E-state index in [1.165, 1.54) is 0 Å². The van der Waals surface area contributed by atoms with Gasteiger partial charge in [0.2, 0.25) is 5.28 Å². The maximum atomic E-state index is 5.89. The molecule has 0 aromatic carbocycles. The quantitative estimate of drug-likeness (QED) is 0.848. The third-order valence-corrected chi connectivity index (χ3v) is 3.64. The van der Waals surface area contributed by atoms with Crippen molar-refractivity contribution in [2.75, 3.05) is 5.32 Å². The van der Waals surface area contributed by atoms with Crippen LogP contribution in [-0.4, -0.2) is 16.0 Å². The number of hydrogen-bond donors (Lipinski definition) is 1. The molecule has 0 aliphatic rings. The van der Waals surface area contributed by atoms with Crippen LogP contribution in [0.3, 0.4) is 0 Å². The van der Waals surface area contributed by atoms with Crippen LogP contribution in [0.5, 0.6) is 0 Å². The van der Waals surface area contributed by atoms with E-state index in [1.54, 1.807) is 11.3 Å². The third-order valence-electron chi connectivity index (χ3n) is 2.66. The van der Waals surface area contributed by atoms with Gasteiger partial charge in [0.1, 0.15) is 10.6 Å². The van der Waals surface area contributed by atoms with Gasteiger partial charge in [-0.2, -0.15) is 0 Å². The Kier molecular flexibility index (Phi) is 3.30. The molecule has 16 heavy (non-hydrogen) atoms. The molecule has 0 saturated heterocycles. The van der Waals surface area contributed by atoms with Gasteiger partial charge in [-0.05, 0) is 35.9 Å². The SMILES string of the molecule is CC(C)C(C)Nc1nc(Cl)nc2sccc12. The molecule has 0 bridgehead atoms. The number of nitrogens with zero attached hydrogens (tertiary/aromatic N) is 2. The predicted octanol–water partition coefficient (Wildman–Crippen LogP) is 3.80. The van der Waals surface area contributed by atoms with Crippen molar-refractivity contribution in [1.82, 2.24) is 9.97 Å². The lowest BCUT2D eigenvalue weighted by Gasteiger charge is -2.18. The third kappa shape index (κ3) is 2.28. The predicted molar refractivity (Wildman–Crippen MR) is 70.3 cm³/mol. The summed E-state index contributed by atoms with van der Waals surface area (Å²) in [6, 6.07) is 2.38. The number of hydrogen-bond acceptors (Lipinski definition) is 4. The second kappa shape index (κ2) is 4.55. The van der Waals surface area contributed by atoms with Crippen LogP contribution in [0.1, 0.15) is 20.8 Å². The van der Waals surface area contributed by atoms with Gasteiger partial charge in [0.25, 0.3) is 0 Å². The lowest BCUT2D eigenvalue weighted by molar-refractivity contribution is 0.559. The van der Waals surface area contributed by atoms with Gasteiger partial charge in [-0.1, -0.05) is 13.8 Å². The van der Waals surface area contributed by atoms with Crippen LogP contribution in [0.15, 0.2) is 11.4 Å². The summed E-state index contributed by atoms with van der Waals surface area (Å²) in [4.78, 5) is 9.36. The molecule has 1 atom stereocenters. The number of thiophene rings is 1. The first-order valence-electron chi connectivity index (χ1n) is 5.25. The first kappa shape index (κ1) is 11.6. The second-order valence-corrected chi connectivity index (χ2v) is 5.39. The molecule has 2 rings (SSSR count). The average Bonchev–Trinajstić information content (AvgIpc) is 2.65. The Hall–Kier alpha value is -0.870. The van der Waals surface area contributed by atoms with Gasteiger partial charge < -0.3 is 5.32 Å². The molecule has 2 heterocycles. The highest BCUT2D eigenvalue weighted by molar-refractivity contribution is 7.16. The molecule has 1 unspecified atom stereocenters. The van der Waals surface area contributed by atoms with E-state index in [9.17, 15) is 0 Å². The van der Waals surface area contributed by atoms with Crippen molar-refractivity contribution in [2.24, 2.45) is 5.92 Å². The van der Waals surface area contributed by atoms with Crippen molar-refractivity contribution in [1.29, 1.82) is 0 Å². The Morgan fingerprint density at radius 1 is 1.31 bits per heavy atom. The molecule has 5 heteroatoms. The van der Waals surface area contributed by atoms with E-state index in [0.717, 1.165) is 16.0 Å². The average molecular weight is 256 g/mol. The van der Waals surface area contributed by atoms with Crippen LogP contribution in [0.25, 0.3) is 10.2 Å². The Bertz CT molecular complexity index is 495. The van der Waals surface area contributed by atoms with E-state index >= 15 is 0 Å². The van der Waals surface area contributed by atoms with Gasteiger partial charge in [0.05, 0.1) is 5.39 Å². The zero-order valence-electron chi connectivity index (χ0n) is 9.49. The summed E-state index contributed by atoms with van der Waals surface area (Å²) in [5.74, 6) is 1.37. The Morgan fingerprint density at radius 3 is 2.75 bits per heavy atom. The minimum atomic E-state index is 0.299. The maximum absolute atomic E-state index is 5.89. The molecule has 2 aromatic heterocycles. The van der Waals surface area contributed by atoms with E-state index in [-0.39, 0.29) is 0 Å². The van der Waals surface area contributed by atoms with E-state index in [0.29, 0.717) is 17.2 Å². The van der Waals surface area contributed by atoms with Gasteiger partial charge in [-0.3, -0.25) is 0 Å². The van der Waals surface area contributed by atoms with Crippen LogP contribution in [0.2, 0.25) is 5.28 Å². The van der Waals surface area contributed by atoms with Crippen molar-refractivity contribution < 1.29 is 0 Å². The fourth-order valence-electron chi connectivity index (χ4n) is 1.32. The summed E-state index contributed by atoms with van der Waals surface area (Å²) >= 11 is 7.46. The first-order valence-corrected chi connectivity index (χ1v) is 6.51. The Balaban J connectivity index is 2.39. The van der Waals surface area contributed by atoms with Crippen molar-refractivity contribution in [3.63, 3.8) is 0 Å². The summed E-state index contributed by atoms with van der Waals surface area (Å²) in [6.07, 6.45) is 0. The summed E-state index contributed by atoms with van der Waals surface area (Å²) in [7, 11) is 0. The number of aromatic nitrogens is 2. The fraction of sp³-hybridized carbons (Fsp3) is 0.455. The molecule has 0 saturated carbocycles. The molecule has 0 aliphatic heterocycles. The highest BCUT2D eigenvalue weighted by Crippen LogP contribution is 2.27. The lowest BCUT2D eigenvalue weighted by atomic mass is 10.1. The van der Waals surface area contributed by atoms with Gasteiger partial charge in [-0.25, -0.2) is 9.97 Å². The van der Waals surface area contributed by atoms with Gasteiger partial charge >= 0.3 is 0 Å². The highest BCUT2D eigenvalue weighted by Gasteiger charge is 2.12. The Morgan fingerprint density at radius 2 is 2.06 bits per heavy atom. The van der Waals surface area contributed by atoms with Crippen LogP contribution >= 0.6 is 22.9 Å². The Labute approximate surface area is 104 Å². The second-order valence-electron chi connectivity index (χ2n) is 4.16. The smallest absolute Gasteiger partial charge is 0.225 e. The van der Waals surface area contributed by atoms with Crippen LogP contribution in [0.4, 0.5) is 5.82 Å². The molecule has 1 N–H and O–H groups in total. The summed E-state index contributed by atoms with van der Waals surface area (Å²) in [5, 5.41) is 6.73. The minimum absolute atomic E-state index is 0.299. The van der Waals surface area contributed by atoms with Crippen LogP contribution in [0, 0.1) is 5.92 Å². The van der Waals surface area contributed by atoms with E-state index in [4.69, 9.17) is 11.6 Å². The summed E-state index contributed by atoms with van der Waals surface area (Å²) in [6.45, 7) is 6.48. The molecular weight excluding hydrogens is 242 g/mol. The van der Waals surface area contributed by atoms with Crippen LogP contribution in [-0.2, 0) is 0 Å². The monoisotopic (exact) mass is 255 g/mol.